The lowest BCUT2D eigenvalue weighted by molar-refractivity contribution is -0.129. The molecule has 1 saturated heterocycles. The van der Waals surface area contributed by atoms with Gasteiger partial charge in [-0.25, -0.2) is 0 Å². The highest BCUT2D eigenvalue weighted by molar-refractivity contribution is 5.91. The summed E-state index contributed by atoms with van der Waals surface area (Å²) in [5.74, 6) is 1.06. The third kappa shape index (κ3) is 2.74. The molecular formula is C15H20N6O2. The molecule has 23 heavy (non-hydrogen) atoms. The van der Waals surface area contributed by atoms with Crippen LogP contribution in [0.1, 0.15) is 49.3 Å². The molecule has 8 nitrogen and oxygen atoms in total. The first-order chi connectivity index (χ1) is 11.2. The second kappa shape index (κ2) is 5.77. The van der Waals surface area contributed by atoms with Crippen LogP contribution in [0.15, 0.2) is 12.3 Å². The molecular weight excluding hydrogens is 296 g/mol. The van der Waals surface area contributed by atoms with Crippen molar-refractivity contribution in [2.45, 2.75) is 44.8 Å². The number of amides is 1. The normalized spacial score (nSPS) is 24.6. The molecule has 0 radical (unpaired) electrons. The molecule has 2 aliphatic rings. The Morgan fingerprint density at radius 3 is 3.00 bits per heavy atom. The maximum atomic E-state index is 12.8. The molecule has 1 aliphatic heterocycles. The van der Waals surface area contributed by atoms with Gasteiger partial charge in [0.15, 0.2) is 0 Å². The monoisotopic (exact) mass is 316 g/mol. The Hall–Kier alpha value is -2.22. The van der Waals surface area contributed by atoms with Gasteiger partial charge in [-0.3, -0.25) is 19.8 Å². The number of H-pyrrole nitrogens is 1. The van der Waals surface area contributed by atoms with Gasteiger partial charge in [-0.15, -0.1) is 10.2 Å². The molecule has 1 amide bonds. The average Bonchev–Trinajstić information content (AvgIpc) is 3.11. The largest absolute Gasteiger partial charge is 0.371 e. The van der Waals surface area contributed by atoms with Crippen LogP contribution in [-0.2, 0) is 9.53 Å². The van der Waals surface area contributed by atoms with E-state index in [-0.39, 0.29) is 17.9 Å². The summed E-state index contributed by atoms with van der Waals surface area (Å²) >= 11 is 0. The first-order valence-corrected chi connectivity index (χ1v) is 8.07. The first-order valence-electron chi connectivity index (χ1n) is 8.07. The van der Waals surface area contributed by atoms with E-state index in [0.29, 0.717) is 18.6 Å². The predicted octanol–water partition coefficient (Wildman–Crippen LogP) is 1.75. The molecule has 8 heteroatoms. The Morgan fingerprint density at radius 2 is 2.26 bits per heavy atom. The topological polar surface area (TPSA) is 97.7 Å². The Balaban J connectivity index is 1.53. The standard InChI is InChI=1S/C15H20N6O2/c1-9-18-20-15(21(9)10-4-5-10)17-14(22)11-3-2-8-23-13(11)12-6-7-16-19-12/h6-7,10-11,13H,2-5,8H2,1H3,(H,16,19)(H,17,20,22)/t11-,13-/m1/s1. The fourth-order valence-electron chi connectivity index (χ4n) is 3.21. The molecule has 0 aromatic carbocycles. The van der Waals surface area contributed by atoms with Gasteiger partial charge < -0.3 is 4.74 Å². The van der Waals surface area contributed by atoms with E-state index < -0.39 is 0 Å². The third-order valence-corrected chi connectivity index (χ3v) is 4.50. The maximum absolute atomic E-state index is 12.8. The Labute approximate surface area is 133 Å². The molecule has 4 rings (SSSR count). The van der Waals surface area contributed by atoms with Crippen molar-refractivity contribution < 1.29 is 9.53 Å². The van der Waals surface area contributed by atoms with Gasteiger partial charge in [0, 0.05) is 18.8 Å². The number of aromatic amines is 1. The number of carbonyl (C=O) groups is 1. The molecule has 2 aromatic heterocycles. The van der Waals surface area contributed by atoms with Crippen LogP contribution in [0, 0.1) is 12.8 Å². The van der Waals surface area contributed by atoms with Gasteiger partial charge in [0.2, 0.25) is 11.9 Å². The highest BCUT2D eigenvalue weighted by Gasteiger charge is 2.35. The van der Waals surface area contributed by atoms with Crippen LogP contribution < -0.4 is 5.32 Å². The number of anilines is 1. The number of rotatable bonds is 4. The van der Waals surface area contributed by atoms with E-state index in [1.807, 2.05) is 17.6 Å². The fraction of sp³-hybridized carbons (Fsp3) is 0.600. The quantitative estimate of drug-likeness (QED) is 0.895. The lowest BCUT2D eigenvalue weighted by Gasteiger charge is -2.29. The Bertz CT molecular complexity index is 691. The SMILES string of the molecule is Cc1nnc(NC(=O)[C@@H]2CCCO[C@H]2c2ccn[nH]2)n1C1CC1. The van der Waals surface area contributed by atoms with Crippen molar-refractivity contribution in [3.63, 3.8) is 0 Å². The molecule has 0 spiro atoms. The zero-order valence-electron chi connectivity index (χ0n) is 13.0. The van der Waals surface area contributed by atoms with Gasteiger partial charge in [-0.1, -0.05) is 0 Å². The Kier molecular flexibility index (Phi) is 3.60. The van der Waals surface area contributed by atoms with Gasteiger partial charge in [0.05, 0.1) is 11.6 Å². The molecule has 0 unspecified atom stereocenters. The molecule has 122 valence electrons. The van der Waals surface area contributed by atoms with Crippen LogP contribution in [0.4, 0.5) is 5.95 Å². The van der Waals surface area contributed by atoms with Gasteiger partial charge in [-0.2, -0.15) is 5.10 Å². The van der Waals surface area contributed by atoms with Crippen LogP contribution in [-0.4, -0.2) is 37.5 Å². The van der Waals surface area contributed by atoms with Crippen molar-refractivity contribution in [2.24, 2.45) is 5.92 Å². The number of hydrogen-bond acceptors (Lipinski definition) is 5. The van der Waals surface area contributed by atoms with E-state index in [4.69, 9.17) is 4.74 Å². The molecule has 2 aromatic rings. The summed E-state index contributed by atoms with van der Waals surface area (Å²) in [5.41, 5.74) is 0.838. The minimum absolute atomic E-state index is 0.0707. The molecule has 2 N–H and O–H groups in total. The van der Waals surface area contributed by atoms with E-state index >= 15 is 0 Å². The molecule has 0 bridgehead atoms. The maximum Gasteiger partial charge on any atom is 0.232 e. The molecule has 2 atom stereocenters. The number of aryl methyl sites for hydroxylation is 1. The molecule has 1 saturated carbocycles. The van der Waals surface area contributed by atoms with Crippen LogP contribution in [0.25, 0.3) is 0 Å². The summed E-state index contributed by atoms with van der Waals surface area (Å²) in [7, 11) is 0. The summed E-state index contributed by atoms with van der Waals surface area (Å²) in [6.45, 7) is 2.57. The van der Waals surface area contributed by atoms with Crippen molar-refractivity contribution >= 4 is 11.9 Å². The van der Waals surface area contributed by atoms with Crippen molar-refractivity contribution in [3.8, 4) is 0 Å². The fourth-order valence-corrected chi connectivity index (χ4v) is 3.21. The van der Waals surface area contributed by atoms with Gasteiger partial charge in [0.1, 0.15) is 11.9 Å². The number of carbonyl (C=O) groups excluding carboxylic acids is 1. The first kappa shape index (κ1) is 14.4. The Morgan fingerprint density at radius 1 is 1.39 bits per heavy atom. The highest BCUT2D eigenvalue weighted by Crippen LogP contribution is 2.38. The molecule has 1 aliphatic carbocycles. The van der Waals surface area contributed by atoms with Gasteiger partial charge in [0.25, 0.3) is 0 Å². The molecule has 2 fully saturated rings. The van der Waals surface area contributed by atoms with Gasteiger partial charge >= 0.3 is 0 Å². The lowest BCUT2D eigenvalue weighted by Crippen LogP contribution is -2.34. The van der Waals surface area contributed by atoms with Crippen LogP contribution >= 0.6 is 0 Å². The number of nitrogens with one attached hydrogen (secondary N) is 2. The zero-order valence-corrected chi connectivity index (χ0v) is 13.0. The zero-order chi connectivity index (χ0) is 15.8. The number of hydrogen-bond donors (Lipinski definition) is 2. The summed E-state index contributed by atoms with van der Waals surface area (Å²) < 4.78 is 7.83. The highest BCUT2D eigenvalue weighted by atomic mass is 16.5. The van der Waals surface area contributed by atoms with Crippen molar-refractivity contribution in [1.82, 2.24) is 25.0 Å². The summed E-state index contributed by atoms with van der Waals surface area (Å²) in [5, 5.41) is 18.0. The lowest BCUT2D eigenvalue weighted by atomic mass is 9.91. The number of ether oxygens (including phenoxy) is 1. The molecule has 3 heterocycles. The summed E-state index contributed by atoms with van der Waals surface area (Å²) in [6, 6.07) is 2.28. The van der Waals surface area contributed by atoms with E-state index in [2.05, 4.69) is 25.7 Å². The second-order valence-corrected chi connectivity index (χ2v) is 6.21. The van der Waals surface area contributed by atoms with E-state index in [0.717, 1.165) is 37.2 Å². The average molecular weight is 316 g/mol. The van der Waals surface area contributed by atoms with E-state index in [9.17, 15) is 4.79 Å². The number of aromatic nitrogens is 5. The van der Waals surface area contributed by atoms with Crippen LogP contribution in [0.5, 0.6) is 0 Å². The third-order valence-electron chi connectivity index (χ3n) is 4.50. The van der Waals surface area contributed by atoms with Crippen molar-refractivity contribution in [1.29, 1.82) is 0 Å². The minimum Gasteiger partial charge on any atom is -0.371 e. The summed E-state index contributed by atoms with van der Waals surface area (Å²) in [6.07, 6.45) is 5.28. The van der Waals surface area contributed by atoms with Gasteiger partial charge in [-0.05, 0) is 38.7 Å². The number of nitrogens with zero attached hydrogens (tertiary/aromatic N) is 4. The van der Waals surface area contributed by atoms with E-state index in [1.165, 1.54) is 0 Å². The van der Waals surface area contributed by atoms with Crippen LogP contribution in [0.3, 0.4) is 0 Å². The minimum atomic E-state index is -0.287. The smallest absolute Gasteiger partial charge is 0.232 e. The van der Waals surface area contributed by atoms with Crippen molar-refractivity contribution in [2.75, 3.05) is 11.9 Å². The second-order valence-electron chi connectivity index (χ2n) is 6.21. The van der Waals surface area contributed by atoms with Crippen molar-refractivity contribution in [3.05, 3.63) is 23.8 Å². The van der Waals surface area contributed by atoms with E-state index in [1.54, 1.807) is 6.20 Å². The summed E-state index contributed by atoms with van der Waals surface area (Å²) in [4.78, 5) is 12.8. The van der Waals surface area contributed by atoms with Crippen LogP contribution in [0.2, 0.25) is 0 Å². The predicted molar refractivity (Wildman–Crippen MR) is 81.7 cm³/mol.